The van der Waals surface area contributed by atoms with Crippen LogP contribution in [0, 0.1) is 0 Å². The first kappa shape index (κ1) is 18.0. The molecule has 3 rings (SSSR count). The van der Waals surface area contributed by atoms with Crippen molar-refractivity contribution in [2.75, 3.05) is 36.5 Å². The number of amides is 2. The van der Waals surface area contributed by atoms with Crippen LogP contribution in [0.25, 0.3) is 0 Å². The number of hydrogen-bond acceptors (Lipinski definition) is 5. The van der Waals surface area contributed by atoms with Crippen LogP contribution in [0.2, 0.25) is 0 Å². The normalized spacial score (nSPS) is 20.7. The number of anilines is 1. The molecule has 8 heteroatoms. The molecule has 1 atom stereocenters. The van der Waals surface area contributed by atoms with E-state index < -0.39 is 0 Å². The molecule has 134 valence electrons. The Morgan fingerprint density at radius 1 is 1.28 bits per heavy atom. The fourth-order valence-corrected chi connectivity index (χ4v) is 3.78. The molecular formula is C17H22N4O2S2. The van der Waals surface area contributed by atoms with Crippen molar-refractivity contribution in [1.29, 1.82) is 0 Å². The molecule has 2 N–H and O–H groups in total. The van der Waals surface area contributed by atoms with Crippen LogP contribution in [-0.4, -0.2) is 59.5 Å². The van der Waals surface area contributed by atoms with Gasteiger partial charge in [-0.05, 0) is 48.3 Å². The summed E-state index contributed by atoms with van der Waals surface area (Å²) < 4.78 is 0. The van der Waals surface area contributed by atoms with Gasteiger partial charge in [0.15, 0.2) is 5.11 Å². The zero-order chi connectivity index (χ0) is 17.8. The summed E-state index contributed by atoms with van der Waals surface area (Å²) in [5.41, 5.74) is 2.04. The Morgan fingerprint density at radius 3 is 2.72 bits per heavy atom. The van der Waals surface area contributed by atoms with E-state index in [4.69, 9.17) is 12.2 Å². The number of thioether (sulfide) groups is 1. The van der Waals surface area contributed by atoms with Gasteiger partial charge < -0.3 is 15.5 Å². The average molecular weight is 379 g/mol. The Kier molecular flexibility index (Phi) is 5.80. The van der Waals surface area contributed by atoms with E-state index in [0.717, 1.165) is 30.0 Å². The lowest BCUT2D eigenvalue weighted by Crippen LogP contribution is -2.47. The summed E-state index contributed by atoms with van der Waals surface area (Å²) in [5.74, 6) is 1.03. The predicted molar refractivity (Wildman–Crippen MR) is 105 cm³/mol. The molecule has 0 aliphatic carbocycles. The van der Waals surface area contributed by atoms with Gasteiger partial charge in [0.2, 0.25) is 5.91 Å². The van der Waals surface area contributed by atoms with Crippen LogP contribution < -0.4 is 15.5 Å². The number of rotatable bonds is 6. The van der Waals surface area contributed by atoms with Crippen molar-refractivity contribution < 1.29 is 9.59 Å². The highest BCUT2D eigenvalue weighted by Crippen LogP contribution is 2.19. The Balaban J connectivity index is 1.62. The summed E-state index contributed by atoms with van der Waals surface area (Å²) in [7, 11) is 0. The summed E-state index contributed by atoms with van der Waals surface area (Å²) in [6.45, 7) is 2.33. The van der Waals surface area contributed by atoms with Gasteiger partial charge in [-0.2, -0.15) is 11.8 Å². The van der Waals surface area contributed by atoms with Gasteiger partial charge in [-0.1, -0.05) is 12.1 Å². The maximum atomic E-state index is 12.5. The zero-order valence-electron chi connectivity index (χ0n) is 14.2. The molecule has 2 aliphatic rings. The summed E-state index contributed by atoms with van der Waals surface area (Å²) in [6.07, 6.45) is 2.82. The lowest BCUT2D eigenvalue weighted by Gasteiger charge is -2.28. The fraction of sp³-hybridized carbons (Fsp3) is 0.471. The largest absolute Gasteiger partial charge is 0.360 e. The number of benzene rings is 1. The minimum absolute atomic E-state index is 0.0469. The molecule has 2 heterocycles. The lowest BCUT2D eigenvalue weighted by molar-refractivity contribution is -0.127. The topological polar surface area (TPSA) is 64.7 Å². The molecule has 1 unspecified atom stereocenters. The first-order chi connectivity index (χ1) is 12.1. The first-order valence-corrected chi connectivity index (χ1v) is 10.1. The molecule has 0 radical (unpaired) electrons. The third-order valence-electron chi connectivity index (χ3n) is 4.40. The van der Waals surface area contributed by atoms with Crippen LogP contribution in [-0.2, 0) is 16.1 Å². The van der Waals surface area contributed by atoms with Crippen molar-refractivity contribution in [2.45, 2.75) is 19.0 Å². The van der Waals surface area contributed by atoms with Crippen molar-refractivity contribution in [3.05, 3.63) is 29.8 Å². The van der Waals surface area contributed by atoms with Crippen LogP contribution in [0.15, 0.2) is 24.3 Å². The average Bonchev–Trinajstić information content (AvgIpc) is 2.88. The number of nitrogens with zero attached hydrogens (tertiary/aromatic N) is 2. The lowest BCUT2D eigenvalue weighted by atomic mass is 10.1. The number of nitrogens with one attached hydrogen (secondary N) is 2. The molecule has 1 aromatic rings. The minimum Gasteiger partial charge on any atom is -0.360 e. The molecule has 2 saturated heterocycles. The summed E-state index contributed by atoms with van der Waals surface area (Å²) in [5, 5.41) is 6.45. The van der Waals surface area contributed by atoms with Crippen molar-refractivity contribution in [2.24, 2.45) is 0 Å². The maximum absolute atomic E-state index is 12.5. The molecule has 1 aromatic carbocycles. The summed E-state index contributed by atoms with van der Waals surface area (Å²) in [6, 6.07) is 7.78. The zero-order valence-corrected chi connectivity index (χ0v) is 15.8. The smallest absolute Gasteiger partial charge is 0.251 e. The van der Waals surface area contributed by atoms with E-state index in [0.29, 0.717) is 24.7 Å². The molecule has 0 saturated carbocycles. The van der Waals surface area contributed by atoms with Crippen LogP contribution in [0.4, 0.5) is 5.69 Å². The summed E-state index contributed by atoms with van der Waals surface area (Å²) >= 11 is 7.04. The number of carbonyl (C=O) groups excluding carboxylic acids is 2. The van der Waals surface area contributed by atoms with E-state index in [-0.39, 0.29) is 17.9 Å². The minimum atomic E-state index is -0.203. The van der Waals surface area contributed by atoms with Crippen LogP contribution in [0.5, 0.6) is 0 Å². The molecule has 6 nitrogen and oxygen atoms in total. The highest BCUT2D eigenvalue weighted by molar-refractivity contribution is 7.98. The number of piperazine rings is 1. The maximum Gasteiger partial charge on any atom is 0.251 e. The second-order valence-electron chi connectivity index (χ2n) is 6.15. The van der Waals surface area contributed by atoms with E-state index in [1.54, 1.807) is 16.7 Å². The monoisotopic (exact) mass is 378 g/mol. The molecule has 0 aromatic heterocycles. The second kappa shape index (κ2) is 8.05. The Bertz CT molecular complexity index is 665. The van der Waals surface area contributed by atoms with Crippen LogP contribution in [0.1, 0.15) is 12.0 Å². The van der Waals surface area contributed by atoms with Crippen LogP contribution >= 0.6 is 24.0 Å². The van der Waals surface area contributed by atoms with Gasteiger partial charge in [0.25, 0.3) is 5.91 Å². The van der Waals surface area contributed by atoms with Gasteiger partial charge >= 0.3 is 0 Å². The van der Waals surface area contributed by atoms with Gasteiger partial charge in [0.05, 0.1) is 13.1 Å². The fourth-order valence-electron chi connectivity index (χ4n) is 3.01. The number of hydrogen-bond donors (Lipinski definition) is 2. The Labute approximate surface area is 157 Å². The predicted octanol–water partition coefficient (Wildman–Crippen LogP) is 0.961. The van der Waals surface area contributed by atoms with E-state index in [9.17, 15) is 9.59 Å². The Hall–Kier alpha value is -1.80. The molecule has 25 heavy (non-hydrogen) atoms. The molecule has 2 fully saturated rings. The van der Waals surface area contributed by atoms with Crippen molar-refractivity contribution >= 4 is 46.6 Å². The highest BCUT2D eigenvalue weighted by Gasteiger charge is 2.34. The quantitative estimate of drug-likeness (QED) is 0.719. The van der Waals surface area contributed by atoms with Gasteiger partial charge in [-0.3, -0.25) is 14.5 Å². The third kappa shape index (κ3) is 4.24. The van der Waals surface area contributed by atoms with Gasteiger partial charge in [-0.15, -0.1) is 0 Å². The Morgan fingerprint density at radius 2 is 2.04 bits per heavy atom. The van der Waals surface area contributed by atoms with E-state index in [1.807, 2.05) is 35.4 Å². The standard InChI is InChI=1S/C17H22N4O2S2/c1-25-9-6-14-16(23)21(17(24)19-14)10-12-2-4-13(5-3-12)20-8-7-18-15(22)11-20/h2-5,14H,6-11H2,1H3,(H,18,22)(H,19,24). The number of carbonyl (C=O) groups is 2. The van der Waals surface area contributed by atoms with Crippen LogP contribution in [0.3, 0.4) is 0 Å². The van der Waals surface area contributed by atoms with Gasteiger partial charge in [0, 0.05) is 18.8 Å². The van der Waals surface area contributed by atoms with Gasteiger partial charge in [0.1, 0.15) is 6.04 Å². The van der Waals surface area contributed by atoms with Gasteiger partial charge in [-0.25, -0.2) is 0 Å². The van der Waals surface area contributed by atoms with E-state index in [1.165, 1.54) is 0 Å². The SMILES string of the molecule is CSCCC1NC(=S)N(Cc2ccc(N3CCNC(=O)C3)cc2)C1=O. The second-order valence-corrected chi connectivity index (χ2v) is 7.52. The third-order valence-corrected chi connectivity index (χ3v) is 5.38. The summed E-state index contributed by atoms with van der Waals surface area (Å²) in [4.78, 5) is 27.7. The van der Waals surface area contributed by atoms with E-state index in [2.05, 4.69) is 10.6 Å². The molecule has 0 spiro atoms. The van der Waals surface area contributed by atoms with Crippen molar-refractivity contribution in [1.82, 2.24) is 15.5 Å². The first-order valence-electron chi connectivity index (χ1n) is 8.30. The van der Waals surface area contributed by atoms with Crippen molar-refractivity contribution in [3.63, 3.8) is 0 Å². The van der Waals surface area contributed by atoms with E-state index >= 15 is 0 Å². The molecule has 0 bridgehead atoms. The van der Waals surface area contributed by atoms with Crippen molar-refractivity contribution in [3.8, 4) is 0 Å². The number of thiocarbonyl (C=S) groups is 1. The molecule has 2 amide bonds. The molecule has 2 aliphatic heterocycles. The molecular weight excluding hydrogens is 356 g/mol. The highest BCUT2D eigenvalue weighted by atomic mass is 32.2.